The third kappa shape index (κ3) is 3.71. The number of hydrogen-bond donors (Lipinski definition) is 1. The van der Waals surface area contributed by atoms with Crippen molar-refractivity contribution in [3.8, 4) is 0 Å². The van der Waals surface area contributed by atoms with Crippen LogP contribution in [0.15, 0.2) is 24.8 Å². The molecule has 0 aromatic heterocycles. The van der Waals surface area contributed by atoms with Crippen molar-refractivity contribution in [3.63, 3.8) is 0 Å². The predicted octanol–water partition coefficient (Wildman–Crippen LogP) is 0.833. The summed E-state index contributed by atoms with van der Waals surface area (Å²) in [5.74, 6) is -1.35. The van der Waals surface area contributed by atoms with Crippen molar-refractivity contribution in [1.82, 2.24) is 0 Å². The molecule has 0 unspecified atom stereocenters. The molecular formula is C12H18O5. The second-order valence-electron chi connectivity index (χ2n) is 3.42. The Hall–Kier alpha value is -1.62. The van der Waals surface area contributed by atoms with Gasteiger partial charge >= 0.3 is 11.9 Å². The first-order valence-corrected chi connectivity index (χ1v) is 5.12. The molecule has 0 aliphatic carbocycles. The number of carbonyl (C=O) groups excluding carboxylic acids is 2. The van der Waals surface area contributed by atoms with E-state index in [1.807, 2.05) is 0 Å². The predicted molar refractivity (Wildman–Crippen MR) is 62.1 cm³/mol. The maximum atomic E-state index is 11.8. The molecule has 5 nitrogen and oxygen atoms in total. The van der Waals surface area contributed by atoms with Crippen molar-refractivity contribution in [3.05, 3.63) is 24.8 Å². The molecule has 0 aromatic carbocycles. The SMILES string of the molecule is C=CCC(C/C=C/C[18OH])(C(=O)OC)C(=O)OC. The third-order valence-corrected chi connectivity index (χ3v) is 2.38. The van der Waals surface area contributed by atoms with E-state index in [4.69, 9.17) is 5.11 Å². The lowest BCUT2D eigenvalue weighted by Crippen LogP contribution is -2.40. The minimum atomic E-state index is -1.42. The number of carbonyl (C=O) groups is 2. The molecule has 0 saturated carbocycles. The summed E-state index contributed by atoms with van der Waals surface area (Å²) < 4.78 is 9.28. The van der Waals surface area contributed by atoms with E-state index in [1.54, 1.807) is 0 Å². The summed E-state index contributed by atoms with van der Waals surface area (Å²) in [7, 11) is 2.41. The molecule has 0 aliphatic rings. The molecule has 96 valence electrons. The maximum absolute atomic E-state index is 11.8. The summed E-state index contributed by atoms with van der Waals surface area (Å²) in [5.41, 5.74) is -1.42. The molecular weight excluding hydrogens is 226 g/mol. The van der Waals surface area contributed by atoms with E-state index in [-0.39, 0.29) is 19.4 Å². The number of allylic oxidation sites excluding steroid dienone is 2. The Morgan fingerprint density at radius 3 is 2.06 bits per heavy atom. The lowest BCUT2D eigenvalue weighted by molar-refractivity contribution is -0.168. The van der Waals surface area contributed by atoms with Crippen molar-refractivity contribution < 1.29 is 24.2 Å². The fourth-order valence-electron chi connectivity index (χ4n) is 1.50. The van der Waals surface area contributed by atoms with Crippen molar-refractivity contribution in [2.45, 2.75) is 12.8 Å². The molecule has 0 heterocycles. The van der Waals surface area contributed by atoms with E-state index in [0.29, 0.717) is 0 Å². The zero-order valence-electron chi connectivity index (χ0n) is 10.1. The molecule has 0 saturated heterocycles. The van der Waals surface area contributed by atoms with E-state index in [2.05, 4.69) is 16.1 Å². The van der Waals surface area contributed by atoms with E-state index in [0.717, 1.165) is 0 Å². The van der Waals surface area contributed by atoms with Crippen molar-refractivity contribution in [1.29, 1.82) is 0 Å². The first-order chi connectivity index (χ1) is 8.08. The van der Waals surface area contributed by atoms with Gasteiger partial charge in [-0.2, -0.15) is 0 Å². The number of hydrogen-bond acceptors (Lipinski definition) is 5. The second-order valence-corrected chi connectivity index (χ2v) is 3.42. The maximum Gasteiger partial charge on any atom is 0.323 e. The van der Waals surface area contributed by atoms with E-state index < -0.39 is 17.4 Å². The fourth-order valence-corrected chi connectivity index (χ4v) is 1.50. The molecule has 0 radical (unpaired) electrons. The highest BCUT2D eigenvalue weighted by Crippen LogP contribution is 2.31. The Morgan fingerprint density at radius 1 is 1.18 bits per heavy atom. The average molecular weight is 244 g/mol. The van der Waals surface area contributed by atoms with Gasteiger partial charge in [-0.05, 0) is 12.8 Å². The summed E-state index contributed by atoms with van der Waals surface area (Å²) in [4.78, 5) is 23.5. The van der Waals surface area contributed by atoms with Crippen molar-refractivity contribution >= 4 is 11.9 Å². The molecule has 17 heavy (non-hydrogen) atoms. The van der Waals surface area contributed by atoms with Gasteiger partial charge in [0.15, 0.2) is 5.41 Å². The van der Waals surface area contributed by atoms with Crippen LogP contribution >= 0.6 is 0 Å². The second kappa shape index (κ2) is 7.62. The number of ether oxygens (including phenoxy) is 2. The summed E-state index contributed by atoms with van der Waals surface area (Å²) in [6.45, 7) is 3.36. The largest absolute Gasteiger partial charge is 0.468 e. The first-order valence-electron chi connectivity index (χ1n) is 5.12. The van der Waals surface area contributed by atoms with Crippen LogP contribution in [0, 0.1) is 5.41 Å². The Labute approximate surface area is 101 Å². The molecule has 0 rings (SSSR count). The zero-order chi connectivity index (χ0) is 13.3. The minimum Gasteiger partial charge on any atom is -0.468 e. The van der Waals surface area contributed by atoms with Gasteiger partial charge in [0.2, 0.25) is 0 Å². The van der Waals surface area contributed by atoms with Crippen LogP contribution in [0.5, 0.6) is 0 Å². The Morgan fingerprint density at radius 2 is 1.71 bits per heavy atom. The summed E-state index contributed by atoms with van der Waals surface area (Å²) in [6, 6.07) is 0. The number of aliphatic hydroxyl groups excluding tert-OH is 1. The van der Waals surface area contributed by atoms with E-state index in [1.165, 1.54) is 32.4 Å². The van der Waals surface area contributed by atoms with Crippen LogP contribution in [0.2, 0.25) is 0 Å². The quantitative estimate of drug-likeness (QED) is 0.311. The molecule has 0 fully saturated rings. The number of methoxy groups -OCH3 is 2. The molecule has 5 heteroatoms. The number of esters is 2. The Bertz CT molecular complexity index is 290. The molecule has 0 spiro atoms. The van der Waals surface area contributed by atoms with Gasteiger partial charge in [0.05, 0.1) is 20.8 Å². The van der Waals surface area contributed by atoms with Crippen LogP contribution < -0.4 is 0 Å². The van der Waals surface area contributed by atoms with Crippen molar-refractivity contribution in [2.24, 2.45) is 5.41 Å². The van der Waals surface area contributed by atoms with Gasteiger partial charge in [0.1, 0.15) is 0 Å². The van der Waals surface area contributed by atoms with Gasteiger partial charge in [-0.1, -0.05) is 18.2 Å². The standard InChI is InChI=1S/C12H18O5/c1-4-7-12(10(14)16-2,11(15)17-3)8-5-6-9-13/h4-6,13H,1,7-9H2,2-3H3/b6-5+/i13+2. The highest BCUT2D eigenvalue weighted by Gasteiger charge is 2.46. The highest BCUT2D eigenvalue weighted by atomic mass is 18.2. The van der Waals surface area contributed by atoms with Gasteiger partial charge in [-0.3, -0.25) is 9.59 Å². The summed E-state index contributed by atoms with van der Waals surface area (Å²) in [5, 5.41) is 8.65. The first kappa shape index (κ1) is 15.4. The van der Waals surface area contributed by atoms with Gasteiger partial charge in [-0.25, -0.2) is 0 Å². The van der Waals surface area contributed by atoms with Crippen LogP contribution in [0.1, 0.15) is 12.8 Å². The third-order valence-electron chi connectivity index (χ3n) is 2.38. The highest BCUT2D eigenvalue weighted by molar-refractivity contribution is 6.00. The summed E-state index contributed by atoms with van der Waals surface area (Å²) >= 11 is 0. The lowest BCUT2D eigenvalue weighted by atomic mass is 9.81. The van der Waals surface area contributed by atoms with Crippen LogP contribution in [-0.2, 0) is 19.1 Å². The van der Waals surface area contributed by atoms with Crippen LogP contribution in [-0.4, -0.2) is 37.9 Å². The molecule has 1 N–H and O–H groups in total. The van der Waals surface area contributed by atoms with Gasteiger partial charge in [0, 0.05) is 0 Å². The molecule has 0 amide bonds. The normalized spacial score (nSPS) is 11.2. The number of rotatable bonds is 7. The Balaban J connectivity index is 5.22. The van der Waals surface area contributed by atoms with Crippen LogP contribution in [0.25, 0.3) is 0 Å². The van der Waals surface area contributed by atoms with Crippen molar-refractivity contribution in [2.75, 3.05) is 20.8 Å². The van der Waals surface area contributed by atoms with Gasteiger partial charge < -0.3 is 14.6 Å². The smallest absolute Gasteiger partial charge is 0.323 e. The summed E-state index contributed by atoms with van der Waals surface area (Å²) in [6.07, 6.45) is 4.66. The molecule has 0 atom stereocenters. The molecule has 0 aromatic rings. The van der Waals surface area contributed by atoms with Crippen LogP contribution in [0.4, 0.5) is 0 Å². The van der Waals surface area contributed by atoms with Gasteiger partial charge in [-0.15, -0.1) is 6.58 Å². The van der Waals surface area contributed by atoms with Gasteiger partial charge in [0.25, 0.3) is 0 Å². The monoisotopic (exact) mass is 244 g/mol. The fraction of sp³-hybridized carbons (Fsp3) is 0.500. The minimum absolute atomic E-state index is 0.0962. The topological polar surface area (TPSA) is 72.8 Å². The zero-order valence-corrected chi connectivity index (χ0v) is 10.1. The number of aliphatic hydroxyl groups is 1. The molecule has 0 bridgehead atoms. The molecule has 0 aliphatic heterocycles. The lowest BCUT2D eigenvalue weighted by Gasteiger charge is -2.25. The van der Waals surface area contributed by atoms with Crippen LogP contribution in [0.3, 0.4) is 0 Å². The van der Waals surface area contributed by atoms with E-state index in [9.17, 15) is 9.59 Å². The van der Waals surface area contributed by atoms with E-state index >= 15 is 0 Å². The Kier molecular flexibility index (Phi) is 6.89. The average Bonchev–Trinajstić information content (AvgIpc) is 2.35.